The van der Waals surface area contributed by atoms with Crippen LogP contribution >= 0.6 is 0 Å². The molecule has 7 aromatic rings. The van der Waals surface area contributed by atoms with E-state index in [0.29, 0.717) is 0 Å². The number of fused-ring (bicyclic) bond motifs is 2. The van der Waals surface area contributed by atoms with E-state index in [-0.39, 0.29) is 0 Å². The molecule has 0 atom stereocenters. The van der Waals surface area contributed by atoms with E-state index < -0.39 is 0 Å². The van der Waals surface area contributed by atoms with Crippen LogP contribution in [-0.4, -0.2) is 19.9 Å². The zero-order valence-electron chi connectivity index (χ0n) is 26.8. The van der Waals surface area contributed by atoms with E-state index in [1.54, 1.807) is 0 Å². The molecule has 0 spiro atoms. The Hall–Kier alpha value is -4.96. The highest BCUT2D eigenvalue weighted by atomic mass is 14.9. The van der Waals surface area contributed by atoms with Gasteiger partial charge in [-0.2, -0.15) is 0 Å². The molecule has 0 fully saturated rings. The van der Waals surface area contributed by atoms with Gasteiger partial charge in [0.25, 0.3) is 0 Å². The monoisotopic (exact) mass is 574 g/mol. The van der Waals surface area contributed by atoms with Crippen molar-refractivity contribution in [3.63, 3.8) is 0 Å². The molecule has 0 aliphatic carbocycles. The first-order chi connectivity index (χ1) is 21.1. The number of hydrogen-bond acceptors (Lipinski definition) is 2. The number of hydrogen-bond donors (Lipinski definition) is 2. The first-order valence-electron chi connectivity index (χ1n) is 15.3. The molecule has 0 saturated carbocycles. The summed E-state index contributed by atoms with van der Waals surface area (Å²) in [4.78, 5) is 16.7. The van der Waals surface area contributed by atoms with Gasteiger partial charge < -0.3 is 9.97 Å². The molecular formula is C40H38N4. The van der Waals surface area contributed by atoms with Gasteiger partial charge in [-0.15, -0.1) is 0 Å². The molecule has 4 nitrogen and oxygen atoms in total. The summed E-state index contributed by atoms with van der Waals surface area (Å²) in [6.07, 6.45) is 0. The van der Waals surface area contributed by atoms with Crippen molar-refractivity contribution in [3.8, 4) is 44.8 Å². The molecule has 2 aromatic heterocycles. The molecule has 0 radical (unpaired) electrons. The van der Waals surface area contributed by atoms with E-state index >= 15 is 0 Å². The molecule has 2 N–H and O–H groups in total. The van der Waals surface area contributed by atoms with Crippen molar-refractivity contribution in [1.29, 1.82) is 0 Å². The molecule has 7 rings (SSSR count). The normalized spacial score (nSPS) is 11.6. The van der Waals surface area contributed by atoms with Gasteiger partial charge >= 0.3 is 0 Å². The molecule has 0 aliphatic rings. The lowest BCUT2D eigenvalue weighted by Gasteiger charge is -2.18. The average Bonchev–Trinajstić information content (AvgIpc) is 3.57. The SMILES string of the molecule is Cc1nc2cc(-c3ccc4nc(-c5c(C)cc(C)c(-c6ccc(-c7c(C)cc(C)c(C)c7C)cc6)c5C)[nH]c4c3)ccc2[nH]1. The quantitative estimate of drug-likeness (QED) is 0.220. The fourth-order valence-corrected chi connectivity index (χ4v) is 7.15. The van der Waals surface area contributed by atoms with E-state index in [9.17, 15) is 0 Å². The van der Waals surface area contributed by atoms with Crippen molar-refractivity contribution in [1.82, 2.24) is 19.9 Å². The maximum Gasteiger partial charge on any atom is 0.139 e. The lowest BCUT2D eigenvalue weighted by molar-refractivity contribution is 1.17. The number of nitrogens with zero attached hydrogens (tertiary/aromatic N) is 2. The van der Waals surface area contributed by atoms with Gasteiger partial charge in [0.15, 0.2) is 0 Å². The molecule has 0 aliphatic heterocycles. The largest absolute Gasteiger partial charge is 0.342 e. The van der Waals surface area contributed by atoms with Crippen molar-refractivity contribution in [2.45, 2.75) is 55.4 Å². The summed E-state index contributed by atoms with van der Waals surface area (Å²) in [6.45, 7) is 17.5. The second kappa shape index (κ2) is 10.3. The Morgan fingerprint density at radius 3 is 1.68 bits per heavy atom. The third-order valence-electron chi connectivity index (χ3n) is 9.44. The third kappa shape index (κ3) is 4.53. The molecule has 5 aromatic carbocycles. The number of rotatable bonds is 4. The molecule has 0 saturated heterocycles. The number of aryl methyl sites for hydroxylation is 5. The number of aromatic nitrogens is 4. The van der Waals surface area contributed by atoms with Crippen LogP contribution in [-0.2, 0) is 0 Å². The van der Waals surface area contributed by atoms with Gasteiger partial charge in [0.05, 0.1) is 22.1 Å². The van der Waals surface area contributed by atoms with Crippen LogP contribution in [0.2, 0.25) is 0 Å². The highest BCUT2D eigenvalue weighted by Crippen LogP contribution is 2.39. The van der Waals surface area contributed by atoms with Crippen LogP contribution in [0.5, 0.6) is 0 Å². The van der Waals surface area contributed by atoms with Crippen LogP contribution in [0, 0.1) is 55.4 Å². The second-order valence-corrected chi connectivity index (χ2v) is 12.5. The van der Waals surface area contributed by atoms with Crippen molar-refractivity contribution < 1.29 is 0 Å². The second-order valence-electron chi connectivity index (χ2n) is 12.5. The van der Waals surface area contributed by atoms with Crippen LogP contribution in [0.4, 0.5) is 0 Å². The van der Waals surface area contributed by atoms with Crippen molar-refractivity contribution >= 4 is 22.1 Å². The van der Waals surface area contributed by atoms with Crippen molar-refractivity contribution in [2.24, 2.45) is 0 Å². The Labute approximate surface area is 259 Å². The predicted molar refractivity (Wildman–Crippen MR) is 185 cm³/mol. The van der Waals surface area contributed by atoms with E-state index in [1.165, 1.54) is 66.8 Å². The summed E-state index contributed by atoms with van der Waals surface area (Å²) in [7, 11) is 0. The lowest BCUT2D eigenvalue weighted by Crippen LogP contribution is -1.98. The Kier molecular flexibility index (Phi) is 6.55. The van der Waals surface area contributed by atoms with Crippen LogP contribution in [0.25, 0.3) is 66.8 Å². The first-order valence-corrected chi connectivity index (χ1v) is 15.3. The minimum Gasteiger partial charge on any atom is -0.342 e. The molecule has 44 heavy (non-hydrogen) atoms. The van der Waals surface area contributed by atoms with Crippen LogP contribution in [0.1, 0.15) is 44.8 Å². The minimum absolute atomic E-state index is 0.907. The van der Waals surface area contributed by atoms with Gasteiger partial charge in [-0.25, -0.2) is 9.97 Å². The number of benzene rings is 5. The summed E-state index contributed by atoms with van der Waals surface area (Å²) >= 11 is 0. The van der Waals surface area contributed by atoms with Gasteiger partial charge in [0.1, 0.15) is 11.6 Å². The fraction of sp³-hybridized carbons (Fsp3) is 0.200. The van der Waals surface area contributed by atoms with Crippen LogP contribution in [0.15, 0.2) is 72.8 Å². The Balaban J connectivity index is 1.28. The molecular weight excluding hydrogens is 536 g/mol. The number of aromatic amines is 2. The Morgan fingerprint density at radius 1 is 0.409 bits per heavy atom. The van der Waals surface area contributed by atoms with E-state index in [1.807, 2.05) is 6.92 Å². The van der Waals surface area contributed by atoms with Crippen molar-refractivity contribution in [2.75, 3.05) is 0 Å². The maximum absolute atomic E-state index is 5.07. The zero-order chi connectivity index (χ0) is 30.9. The van der Waals surface area contributed by atoms with Crippen LogP contribution < -0.4 is 0 Å². The Bertz CT molecular complexity index is 2240. The fourth-order valence-electron chi connectivity index (χ4n) is 7.15. The number of imidazole rings is 2. The molecule has 4 heteroatoms. The standard InChI is InChI=1S/C40H38N4/c1-21-17-22(2)37(26(6)25(21)5)29-9-11-30(12-10-29)38-23(3)18-24(4)39(27(38)7)40-43-34-16-14-32(20-36(34)44-40)31-13-15-33-35(19-31)42-28(8)41-33/h9-20H,1-8H3,(H,41,42)(H,43,44). The van der Waals surface area contributed by atoms with Crippen LogP contribution in [0.3, 0.4) is 0 Å². The molecule has 218 valence electrons. The average molecular weight is 575 g/mol. The predicted octanol–water partition coefficient (Wildman–Crippen LogP) is 10.6. The highest BCUT2D eigenvalue weighted by Gasteiger charge is 2.18. The van der Waals surface area contributed by atoms with Crippen molar-refractivity contribution in [3.05, 3.63) is 118 Å². The molecule has 0 bridgehead atoms. The van der Waals surface area contributed by atoms with Gasteiger partial charge in [-0.3, -0.25) is 0 Å². The van der Waals surface area contributed by atoms with E-state index in [0.717, 1.165) is 44.8 Å². The summed E-state index contributed by atoms with van der Waals surface area (Å²) in [5.74, 6) is 1.83. The number of H-pyrrole nitrogens is 2. The van der Waals surface area contributed by atoms with Gasteiger partial charge in [0, 0.05) is 5.56 Å². The third-order valence-corrected chi connectivity index (χ3v) is 9.44. The summed E-state index contributed by atoms with van der Waals surface area (Å²) < 4.78 is 0. The van der Waals surface area contributed by atoms with Gasteiger partial charge in [-0.05, 0) is 152 Å². The zero-order valence-corrected chi connectivity index (χ0v) is 26.8. The molecule has 0 unspecified atom stereocenters. The Morgan fingerprint density at radius 2 is 0.977 bits per heavy atom. The smallest absolute Gasteiger partial charge is 0.139 e. The van der Waals surface area contributed by atoms with E-state index in [4.69, 9.17) is 4.98 Å². The van der Waals surface area contributed by atoms with E-state index in [2.05, 4.69) is 136 Å². The maximum atomic E-state index is 5.07. The summed E-state index contributed by atoms with van der Waals surface area (Å²) in [5, 5.41) is 0. The molecule has 2 heterocycles. The highest BCUT2D eigenvalue weighted by molar-refractivity contribution is 5.89. The van der Waals surface area contributed by atoms with Gasteiger partial charge in [-0.1, -0.05) is 48.5 Å². The first kappa shape index (κ1) is 27.8. The lowest BCUT2D eigenvalue weighted by atomic mass is 9.87. The molecule has 0 amide bonds. The van der Waals surface area contributed by atoms with Gasteiger partial charge in [0.2, 0.25) is 0 Å². The summed E-state index contributed by atoms with van der Waals surface area (Å²) in [6, 6.07) is 26.6. The summed E-state index contributed by atoms with van der Waals surface area (Å²) in [5.41, 5.74) is 21.8. The topological polar surface area (TPSA) is 57.4 Å². The number of nitrogens with one attached hydrogen (secondary N) is 2. The minimum atomic E-state index is 0.907.